The van der Waals surface area contributed by atoms with Crippen LogP contribution in [0, 0.1) is 0 Å². The topological polar surface area (TPSA) is 90.5 Å². The van der Waals surface area contributed by atoms with Crippen molar-refractivity contribution in [3.63, 3.8) is 0 Å². The fourth-order valence-electron chi connectivity index (χ4n) is 2.73. The molecule has 1 amide bonds. The number of fused-ring (bicyclic) bond motifs is 1. The second-order valence-corrected chi connectivity index (χ2v) is 6.03. The maximum Gasteiger partial charge on any atom is 0.417 e. The molecule has 0 fully saturated rings. The summed E-state index contributed by atoms with van der Waals surface area (Å²) in [6.07, 6.45) is -4.61. The third-order valence-corrected chi connectivity index (χ3v) is 4.00. The van der Waals surface area contributed by atoms with Gasteiger partial charge in [0.25, 0.3) is 5.56 Å². The van der Waals surface area contributed by atoms with Crippen LogP contribution in [0.25, 0.3) is 11.0 Å². The summed E-state index contributed by atoms with van der Waals surface area (Å²) in [6, 6.07) is 7.03. The number of aromatic nitrogens is 1. The molecule has 0 atom stereocenters. The van der Waals surface area contributed by atoms with Crippen molar-refractivity contribution in [1.82, 2.24) is 4.57 Å². The number of hydrogen-bond acceptors (Lipinski definition) is 5. The molecule has 0 radical (unpaired) electrons. The van der Waals surface area contributed by atoms with Crippen LogP contribution in [-0.2, 0) is 17.5 Å². The molecule has 152 valence electrons. The molecule has 0 aliphatic rings. The van der Waals surface area contributed by atoms with Crippen LogP contribution in [0.3, 0.4) is 0 Å². The van der Waals surface area contributed by atoms with Crippen molar-refractivity contribution in [3.05, 3.63) is 74.5 Å². The minimum Gasteiger partial charge on any atom is -0.450 e. The Labute approximate surface area is 161 Å². The summed E-state index contributed by atoms with van der Waals surface area (Å²) in [5.41, 5.74) is -1.69. The molecule has 0 bridgehead atoms. The summed E-state index contributed by atoms with van der Waals surface area (Å²) in [5, 5.41) is 2.86. The van der Waals surface area contributed by atoms with E-state index in [0.29, 0.717) is 28.9 Å². The molecule has 0 unspecified atom stereocenters. The Hall–Kier alpha value is -3.56. The lowest BCUT2D eigenvalue weighted by Gasteiger charge is -2.12. The van der Waals surface area contributed by atoms with Crippen LogP contribution in [0.5, 0.6) is 0 Å². The molecule has 29 heavy (non-hydrogen) atoms. The smallest absolute Gasteiger partial charge is 0.417 e. The lowest BCUT2D eigenvalue weighted by molar-refractivity contribution is -0.138. The molecule has 7 nitrogen and oxygen atoms in total. The van der Waals surface area contributed by atoms with Gasteiger partial charge in [0.2, 0.25) is 0 Å². The molecule has 0 saturated heterocycles. The second-order valence-electron chi connectivity index (χ2n) is 6.03. The molecule has 0 saturated carbocycles. The zero-order chi connectivity index (χ0) is 21.2. The third kappa shape index (κ3) is 4.65. The molecule has 2 aromatic heterocycles. The number of carbonyl (C=O) groups excluding carboxylic acids is 1. The predicted octanol–water partition coefficient (Wildman–Crippen LogP) is 3.59. The van der Waals surface area contributed by atoms with Gasteiger partial charge in [-0.05, 0) is 30.7 Å². The third-order valence-electron chi connectivity index (χ3n) is 4.00. The van der Waals surface area contributed by atoms with E-state index in [2.05, 4.69) is 5.32 Å². The summed E-state index contributed by atoms with van der Waals surface area (Å²) < 4.78 is 49.5. The first kappa shape index (κ1) is 20.2. The number of alkyl halides is 3. The van der Waals surface area contributed by atoms with Gasteiger partial charge in [-0.25, -0.2) is 9.59 Å². The first-order chi connectivity index (χ1) is 13.7. The molecule has 3 rings (SSSR count). The Morgan fingerprint density at radius 1 is 1.17 bits per heavy atom. The number of rotatable bonds is 4. The molecular formula is C19H15F3N2O5. The molecule has 1 aromatic carbocycles. The molecule has 0 spiro atoms. The summed E-state index contributed by atoms with van der Waals surface area (Å²) in [4.78, 5) is 35.4. The van der Waals surface area contributed by atoms with Gasteiger partial charge in [0.1, 0.15) is 5.58 Å². The predicted molar refractivity (Wildman–Crippen MR) is 97.9 cm³/mol. The van der Waals surface area contributed by atoms with Gasteiger partial charge in [-0.1, -0.05) is 0 Å². The number of anilines is 1. The number of nitrogens with zero attached hydrogens (tertiary/aromatic N) is 1. The van der Waals surface area contributed by atoms with Crippen molar-refractivity contribution in [2.45, 2.75) is 19.6 Å². The maximum atomic E-state index is 12.9. The number of hydrogen-bond donors (Lipinski definition) is 1. The number of benzene rings is 1. The van der Waals surface area contributed by atoms with Crippen LogP contribution in [0.15, 0.2) is 56.6 Å². The van der Waals surface area contributed by atoms with Crippen LogP contribution in [0.1, 0.15) is 18.1 Å². The Morgan fingerprint density at radius 2 is 1.93 bits per heavy atom. The number of pyridine rings is 1. The molecule has 0 aliphatic heterocycles. The average Bonchev–Trinajstić information content (AvgIpc) is 2.62. The fourth-order valence-corrected chi connectivity index (χ4v) is 2.73. The van der Waals surface area contributed by atoms with E-state index >= 15 is 0 Å². The van der Waals surface area contributed by atoms with Crippen molar-refractivity contribution >= 4 is 22.7 Å². The highest BCUT2D eigenvalue weighted by Gasteiger charge is 2.31. The van der Waals surface area contributed by atoms with E-state index < -0.39 is 29.0 Å². The largest absolute Gasteiger partial charge is 0.450 e. The molecular weight excluding hydrogens is 393 g/mol. The lowest BCUT2D eigenvalue weighted by atomic mass is 10.1. The highest BCUT2D eigenvalue weighted by atomic mass is 19.4. The van der Waals surface area contributed by atoms with Crippen molar-refractivity contribution in [2.24, 2.45) is 0 Å². The Bertz CT molecular complexity index is 1180. The Morgan fingerprint density at radius 3 is 2.62 bits per heavy atom. The van der Waals surface area contributed by atoms with Crippen LogP contribution >= 0.6 is 0 Å². The van der Waals surface area contributed by atoms with Crippen LogP contribution in [0.2, 0.25) is 0 Å². The highest BCUT2D eigenvalue weighted by Crippen LogP contribution is 2.28. The van der Waals surface area contributed by atoms with Gasteiger partial charge in [0.15, 0.2) is 0 Å². The van der Waals surface area contributed by atoms with E-state index in [0.717, 1.165) is 16.7 Å². The standard InChI is InChI=1S/C19H15F3N2O5/c1-2-28-18(27)23-13-4-5-14-11(7-17(26)29-15(14)8-13)9-24-10-12(19(20,21)22)3-6-16(24)25/h3-8,10H,2,9H2,1H3,(H,23,27). The maximum absolute atomic E-state index is 12.9. The Balaban J connectivity index is 2.01. The second kappa shape index (κ2) is 7.82. The zero-order valence-corrected chi connectivity index (χ0v) is 15.1. The summed E-state index contributed by atoms with van der Waals surface area (Å²) in [7, 11) is 0. The average molecular weight is 408 g/mol. The number of amides is 1. The van der Waals surface area contributed by atoms with Crippen LogP contribution < -0.4 is 16.5 Å². The van der Waals surface area contributed by atoms with Gasteiger partial charge >= 0.3 is 17.9 Å². The van der Waals surface area contributed by atoms with Crippen molar-refractivity contribution in [1.29, 1.82) is 0 Å². The van der Waals surface area contributed by atoms with Crippen molar-refractivity contribution < 1.29 is 27.1 Å². The van der Waals surface area contributed by atoms with Crippen LogP contribution in [0.4, 0.5) is 23.7 Å². The fraction of sp³-hybridized carbons (Fsp3) is 0.211. The monoisotopic (exact) mass is 408 g/mol. The zero-order valence-electron chi connectivity index (χ0n) is 15.1. The van der Waals surface area contributed by atoms with Crippen molar-refractivity contribution in [2.75, 3.05) is 11.9 Å². The van der Waals surface area contributed by atoms with E-state index in [9.17, 15) is 27.6 Å². The quantitative estimate of drug-likeness (QED) is 0.667. The number of carbonyl (C=O) groups is 1. The molecule has 10 heteroatoms. The Kier molecular flexibility index (Phi) is 5.44. The van der Waals surface area contributed by atoms with Gasteiger partial charge in [0, 0.05) is 35.5 Å². The SMILES string of the molecule is CCOC(=O)Nc1ccc2c(Cn3cc(C(F)(F)F)ccc3=O)cc(=O)oc2c1. The summed E-state index contributed by atoms with van der Waals surface area (Å²) in [6.45, 7) is 1.54. The molecule has 2 heterocycles. The van der Waals surface area contributed by atoms with E-state index in [1.807, 2.05) is 0 Å². The highest BCUT2D eigenvalue weighted by molar-refractivity contribution is 5.89. The minimum atomic E-state index is -4.61. The number of nitrogens with one attached hydrogen (secondary N) is 1. The van der Waals surface area contributed by atoms with E-state index in [1.54, 1.807) is 6.92 Å². The normalized spacial score (nSPS) is 11.4. The number of halogens is 3. The van der Waals surface area contributed by atoms with Gasteiger partial charge in [0.05, 0.1) is 18.7 Å². The van der Waals surface area contributed by atoms with Gasteiger partial charge < -0.3 is 13.7 Å². The lowest BCUT2D eigenvalue weighted by Crippen LogP contribution is -2.22. The van der Waals surface area contributed by atoms with Crippen molar-refractivity contribution in [3.8, 4) is 0 Å². The first-order valence-corrected chi connectivity index (χ1v) is 8.45. The number of ether oxygens (including phenoxy) is 1. The summed E-state index contributed by atoms with van der Waals surface area (Å²) in [5.74, 6) is 0. The van der Waals surface area contributed by atoms with E-state index in [-0.39, 0.29) is 18.7 Å². The van der Waals surface area contributed by atoms with Gasteiger partial charge in [-0.15, -0.1) is 0 Å². The minimum absolute atomic E-state index is 0.0989. The van der Waals surface area contributed by atoms with E-state index in [1.165, 1.54) is 18.2 Å². The first-order valence-electron chi connectivity index (χ1n) is 8.45. The van der Waals surface area contributed by atoms with E-state index in [4.69, 9.17) is 9.15 Å². The van der Waals surface area contributed by atoms with Crippen LogP contribution in [-0.4, -0.2) is 17.3 Å². The molecule has 0 aliphatic carbocycles. The van der Waals surface area contributed by atoms with Gasteiger partial charge in [-0.2, -0.15) is 13.2 Å². The molecule has 3 aromatic rings. The summed E-state index contributed by atoms with van der Waals surface area (Å²) >= 11 is 0. The van der Waals surface area contributed by atoms with Gasteiger partial charge in [-0.3, -0.25) is 10.1 Å². The molecule has 1 N–H and O–H groups in total.